The number of halogens is 2. The highest BCUT2D eigenvalue weighted by Gasteiger charge is 2.16. The van der Waals surface area contributed by atoms with E-state index in [1.165, 1.54) is 11.3 Å². The lowest BCUT2D eigenvalue weighted by Gasteiger charge is -2.06. The van der Waals surface area contributed by atoms with E-state index in [0.717, 1.165) is 10.0 Å². The first-order chi connectivity index (χ1) is 14.6. The lowest BCUT2D eigenvalue weighted by Crippen LogP contribution is -2.11. The Morgan fingerprint density at radius 1 is 1.13 bits per heavy atom. The topological polar surface area (TPSA) is 79.5 Å². The summed E-state index contributed by atoms with van der Waals surface area (Å²) in [6.45, 7) is 0. The number of carbonyl (C=O) groups is 1. The zero-order valence-electron chi connectivity index (χ0n) is 15.3. The van der Waals surface area contributed by atoms with Gasteiger partial charge >= 0.3 is 0 Å². The quantitative estimate of drug-likeness (QED) is 0.233. The number of hydrazone groups is 1. The van der Waals surface area contributed by atoms with Gasteiger partial charge in [0, 0.05) is 20.6 Å². The van der Waals surface area contributed by atoms with E-state index in [1.54, 1.807) is 48.9 Å². The summed E-state index contributed by atoms with van der Waals surface area (Å²) in [5.41, 5.74) is 4.87. The number of amides is 1. The molecule has 0 aliphatic rings. The molecule has 0 aliphatic carbocycles. The number of nitrogens with one attached hydrogen (secondary N) is 2. The van der Waals surface area contributed by atoms with Crippen molar-refractivity contribution in [3.05, 3.63) is 87.7 Å². The van der Waals surface area contributed by atoms with Crippen LogP contribution in [0.15, 0.2) is 80.9 Å². The van der Waals surface area contributed by atoms with Crippen molar-refractivity contribution in [1.82, 2.24) is 4.98 Å². The Bertz CT molecular complexity index is 1170. The van der Waals surface area contributed by atoms with Gasteiger partial charge in [0.2, 0.25) is 5.13 Å². The molecule has 150 valence electrons. The van der Waals surface area contributed by atoms with Gasteiger partial charge in [0.25, 0.3) is 5.91 Å². The van der Waals surface area contributed by atoms with Crippen molar-refractivity contribution in [2.24, 2.45) is 5.10 Å². The molecule has 0 radical (unpaired) electrons. The van der Waals surface area contributed by atoms with Gasteiger partial charge in [0.1, 0.15) is 16.5 Å². The number of aromatic nitrogens is 1. The molecular weight excluding hydrogens is 488 g/mol. The molecule has 0 atom stereocenters. The average Bonchev–Trinajstić information content (AvgIpc) is 3.39. The molecular formula is C21H14BrClN4O2S. The highest BCUT2D eigenvalue weighted by Crippen LogP contribution is 2.36. The molecule has 0 aliphatic heterocycles. The average molecular weight is 502 g/mol. The lowest BCUT2D eigenvalue weighted by atomic mass is 10.1. The summed E-state index contributed by atoms with van der Waals surface area (Å²) >= 11 is 10.7. The van der Waals surface area contributed by atoms with Crippen LogP contribution in [0.4, 0.5) is 10.1 Å². The number of rotatable bonds is 6. The Kier molecular flexibility index (Phi) is 6.27. The van der Waals surface area contributed by atoms with Crippen LogP contribution >= 0.6 is 38.9 Å². The van der Waals surface area contributed by atoms with Gasteiger partial charge in [-0.15, -0.1) is 0 Å². The maximum absolute atomic E-state index is 12.7. The number of anilines is 2. The zero-order valence-corrected chi connectivity index (χ0v) is 18.5. The zero-order chi connectivity index (χ0) is 20.9. The minimum absolute atomic E-state index is 0.230. The SMILES string of the molecule is O=C(Nc1sc(N/N=C/c2ccco2)nc1-c1ccc(Cl)cc1)c1ccc(Br)cc1. The molecule has 2 N–H and O–H groups in total. The molecule has 9 heteroatoms. The number of hydrogen-bond acceptors (Lipinski definition) is 6. The summed E-state index contributed by atoms with van der Waals surface area (Å²) in [4.78, 5) is 17.3. The van der Waals surface area contributed by atoms with Crippen LogP contribution in [0.25, 0.3) is 11.3 Å². The largest absolute Gasteiger partial charge is 0.463 e. The maximum Gasteiger partial charge on any atom is 0.256 e. The van der Waals surface area contributed by atoms with Gasteiger partial charge in [-0.1, -0.05) is 51.0 Å². The van der Waals surface area contributed by atoms with Gasteiger partial charge < -0.3 is 9.73 Å². The monoisotopic (exact) mass is 500 g/mol. The van der Waals surface area contributed by atoms with Crippen molar-refractivity contribution in [3.63, 3.8) is 0 Å². The molecule has 1 amide bonds. The van der Waals surface area contributed by atoms with E-state index in [2.05, 4.69) is 36.8 Å². The fourth-order valence-corrected chi connectivity index (χ4v) is 3.77. The van der Waals surface area contributed by atoms with Crippen molar-refractivity contribution >= 4 is 61.1 Å². The second kappa shape index (κ2) is 9.25. The predicted molar refractivity (Wildman–Crippen MR) is 125 cm³/mol. The van der Waals surface area contributed by atoms with Gasteiger partial charge in [-0.3, -0.25) is 10.2 Å². The van der Waals surface area contributed by atoms with Crippen molar-refractivity contribution in [2.45, 2.75) is 0 Å². The van der Waals surface area contributed by atoms with Crippen molar-refractivity contribution < 1.29 is 9.21 Å². The molecule has 6 nitrogen and oxygen atoms in total. The Morgan fingerprint density at radius 2 is 1.90 bits per heavy atom. The van der Waals surface area contributed by atoms with Gasteiger partial charge in [-0.05, 0) is 48.5 Å². The minimum atomic E-state index is -0.230. The number of nitrogens with zero attached hydrogens (tertiary/aromatic N) is 2. The maximum atomic E-state index is 12.7. The van der Waals surface area contributed by atoms with Crippen LogP contribution in [0, 0.1) is 0 Å². The third kappa shape index (κ3) is 4.96. The summed E-state index contributed by atoms with van der Waals surface area (Å²) in [5, 5.41) is 8.82. The Morgan fingerprint density at radius 3 is 2.60 bits per heavy atom. The van der Waals surface area contributed by atoms with E-state index in [0.29, 0.717) is 32.2 Å². The third-order valence-corrected chi connectivity index (χ3v) is 5.63. The molecule has 0 bridgehead atoms. The molecule has 0 unspecified atom stereocenters. The number of carbonyl (C=O) groups excluding carboxylic acids is 1. The van der Waals surface area contributed by atoms with Gasteiger partial charge in [0.05, 0.1) is 12.5 Å². The summed E-state index contributed by atoms with van der Waals surface area (Å²) in [6.07, 6.45) is 3.11. The molecule has 0 spiro atoms. The molecule has 30 heavy (non-hydrogen) atoms. The molecule has 2 heterocycles. The normalized spacial score (nSPS) is 11.0. The highest BCUT2D eigenvalue weighted by molar-refractivity contribution is 9.10. The van der Waals surface area contributed by atoms with Crippen molar-refractivity contribution in [3.8, 4) is 11.3 Å². The molecule has 4 rings (SSSR count). The van der Waals surface area contributed by atoms with Gasteiger partial charge in [-0.25, -0.2) is 4.98 Å². The van der Waals surface area contributed by atoms with Crippen LogP contribution in [0.5, 0.6) is 0 Å². The third-order valence-electron chi connectivity index (χ3n) is 3.97. The fraction of sp³-hybridized carbons (Fsp3) is 0. The number of benzene rings is 2. The van der Waals surface area contributed by atoms with Crippen molar-refractivity contribution in [1.29, 1.82) is 0 Å². The van der Waals surface area contributed by atoms with Crippen LogP contribution in [0.2, 0.25) is 5.02 Å². The van der Waals surface area contributed by atoms with Crippen LogP contribution < -0.4 is 10.7 Å². The smallest absolute Gasteiger partial charge is 0.256 e. The fourth-order valence-electron chi connectivity index (χ4n) is 2.55. The standard InChI is InChI=1S/C21H14BrClN4O2S/c22-15-7-3-14(4-8-15)19(28)26-20-18(13-5-9-16(23)10-6-13)25-21(30-20)27-24-12-17-2-1-11-29-17/h1-12H,(H,25,27)(H,26,28)/b24-12+. The van der Waals surface area contributed by atoms with E-state index >= 15 is 0 Å². The van der Waals surface area contributed by atoms with Gasteiger partial charge in [0.15, 0.2) is 0 Å². The molecule has 4 aromatic rings. The summed E-state index contributed by atoms with van der Waals surface area (Å²) < 4.78 is 6.11. The summed E-state index contributed by atoms with van der Waals surface area (Å²) in [6, 6.07) is 17.9. The molecule has 0 saturated carbocycles. The Hall–Kier alpha value is -2.94. The van der Waals surface area contributed by atoms with E-state index in [9.17, 15) is 4.79 Å². The second-order valence-electron chi connectivity index (χ2n) is 6.05. The van der Waals surface area contributed by atoms with Crippen LogP contribution in [-0.2, 0) is 0 Å². The van der Waals surface area contributed by atoms with E-state index in [-0.39, 0.29) is 5.91 Å². The first-order valence-electron chi connectivity index (χ1n) is 8.75. The Balaban J connectivity index is 1.61. The van der Waals surface area contributed by atoms with Crippen LogP contribution in [0.1, 0.15) is 16.1 Å². The first-order valence-corrected chi connectivity index (χ1v) is 10.7. The van der Waals surface area contributed by atoms with Crippen molar-refractivity contribution in [2.75, 3.05) is 10.7 Å². The number of furan rings is 1. The minimum Gasteiger partial charge on any atom is -0.463 e. The molecule has 2 aromatic carbocycles. The molecule has 2 aromatic heterocycles. The van der Waals surface area contributed by atoms with E-state index < -0.39 is 0 Å². The van der Waals surface area contributed by atoms with E-state index in [1.807, 2.05) is 24.3 Å². The summed E-state index contributed by atoms with van der Waals surface area (Å²) in [7, 11) is 0. The van der Waals surface area contributed by atoms with Gasteiger partial charge in [-0.2, -0.15) is 5.10 Å². The molecule has 0 saturated heterocycles. The summed E-state index contributed by atoms with van der Waals surface area (Å²) in [5.74, 6) is 0.382. The lowest BCUT2D eigenvalue weighted by molar-refractivity contribution is 0.102. The Labute approximate surface area is 189 Å². The highest BCUT2D eigenvalue weighted by atomic mass is 79.9. The number of thiazole rings is 1. The van der Waals surface area contributed by atoms with Crippen LogP contribution in [0.3, 0.4) is 0 Å². The molecule has 0 fully saturated rings. The second-order valence-corrected chi connectivity index (χ2v) is 8.40. The first kappa shape index (κ1) is 20.3. The predicted octanol–water partition coefficient (Wildman–Crippen LogP) is 6.52. The number of hydrogen-bond donors (Lipinski definition) is 2. The van der Waals surface area contributed by atoms with E-state index in [4.69, 9.17) is 16.0 Å². The van der Waals surface area contributed by atoms with Crippen LogP contribution in [-0.4, -0.2) is 17.1 Å².